The third kappa shape index (κ3) is 3.16. The number of carbonyl (C=O) groups is 1. The van der Waals surface area contributed by atoms with Crippen molar-refractivity contribution in [2.24, 2.45) is 5.29 Å². The number of hydroxylamine groups is 2. The topological polar surface area (TPSA) is 89.3 Å². The summed E-state index contributed by atoms with van der Waals surface area (Å²) in [5.74, 6) is 0.123. The van der Waals surface area contributed by atoms with Crippen LogP contribution in [-0.2, 0) is 0 Å². The van der Waals surface area contributed by atoms with Gasteiger partial charge >= 0.3 is 6.03 Å². The molecule has 7 nitrogen and oxygen atoms in total. The van der Waals surface area contributed by atoms with Crippen molar-refractivity contribution in [1.29, 1.82) is 0 Å². The quantitative estimate of drug-likeness (QED) is 0.345. The van der Waals surface area contributed by atoms with E-state index in [1.807, 2.05) is 13.8 Å². The molecule has 1 rings (SSSR count). The molecule has 0 bridgehead atoms. The molecule has 1 aliphatic rings. The van der Waals surface area contributed by atoms with Crippen LogP contribution >= 0.6 is 11.6 Å². The molecule has 0 aliphatic carbocycles. The lowest BCUT2D eigenvalue weighted by Gasteiger charge is -2.41. The lowest BCUT2D eigenvalue weighted by atomic mass is 9.94. The second kappa shape index (κ2) is 5.60. The van der Waals surface area contributed by atoms with Crippen molar-refractivity contribution < 1.29 is 9.86 Å². The zero-order valence-corrected chi connectivity index (χ0v) is 12.5. The fourth-order valence-electron chi connectivity index (χ4n) is 2.60. The Kier molecular flexibility index (Phi) is 4.76. The van der Waals surface area contributed by atoms with Gasteiger partial charge in [-0.25, -0.2) is 4.79 Å². The van der Waals surface area contributed by atoms with Crippen LogP contribution in [0.4, 0.5) is 4.79 Å². The van der Waals surface area contributed by atoms with E-state index in [1.54, 1.807) is 13.8 Å². The second-order valence-corrected chi connectivity index (χ2v) is 6.41. The third-order valence-corrected chi connectivity index (χ3v) is 3.88. The van der Waals surface area contributed by atoms with Gasteiger partial charge in [0.15, 0.2) is 0 Å². The third-order valence-electron chi connectivity index (χ3n) is 3.71. The smallest absolute Gasteiger partial charge is 0.340 e. The molecule has 0 saturated carbocycles. The predicted molar refractivity (Wildman–Crippen MR) is 72.6 cm³/mol. The summed E-state index contributed by atoms with van der Waals surface area (Å²) in [6.07, 6.45) is 0.540. The van der Waals surface area contributed by atoms with Gasteiger partial charge in [0, 0.05) is 12.3 Å². The Morgan fingerprint density at radius 3 is 2.47 bits per heavy atom. The molecular formula is C11H21ClN4O3. The van der Waals surface area contributed by atoms with Gasteiger partial charge in [-0.2, -0.15) is 5.01 Å². The van der Waals surface area contributed by atoms with E-state index in [-0.39, 0.29) is 23.5 Å². The minimum absolute atomic E-state index is 0.0430. The van der Waals surface area contributed by atoms with Crippen molar-refractivity contribution in [2.45, 2.75) is 51.2 Å². The number of rotatable bonds is 4. The van der Waals surface area contributed by atoms with E-state index >= 15 is 0 Å². The van der Waals surface area contributed by atoms with E-state index in [1.165, 1.54) is 0 Å². The highest BCUT2D eigenvalue weighted by Gasteiger charge is 2.52. The first-order valence-electron chi connectivity index (χ1n) is 6.19. The zero-order valence-electron chi connectivity index (χ0n) is 11.7. The number of hydrogen-bond donors (Lipinski definition) is 2. The molecule has 110 valence electrons. The number of nitroso groups, excluding NO2 is 1. The number of amides is 2. The van der Waals surface area contributed by atoms with Crippen LogP contribution in [0.2, 0.25) is 0 Å². The van der Waals surface area contributed by atoms with Crippen LogP contribution < -0.4 is 10.4 Å². The highest BCUT2D eigenvalue weighted by Crippen LogP contribution is 2.25. The molecule has 19 heavy (non-hydrogen) atoms. The molecule has 2 unspecified atom stereocenters. The van der Waals surface area contributed by atoms with E-state index in [0.29, 0.717) is 6.42 Å². The summed E-state index contributed by atoms with van der Waals surface area (Å²) in [6, 6.07) is -0.929. The highest BCUT2D eigenvalue weighted by atomic mass is 35.5. The molecule has 0 spiro atoms. The maximum Gasteiger partial charge on any atom is 0.340 e. The molecule has 2 atom stereocenters. The van der Waals surface area contributed by atoms with Crippen molar-refractivity contribution in [2.75, 3.05) is 12.4 Å². The monoisotopic (exact) mass is 292 g/mol. The average molecular weight is 293 g/mol. The van der Waals surface area contributed by atoms with Crippen molar-refractivity contribution in [3.8, 4) is 0 Å². The number of nitrogens with zero attached hydrogens (tertiary/aromatic N) is 2. The van der Waals surface area contributed by atoms with Gasteiger partial charge in [-0.3, -0.25) is 0 Å². The van der Waals surface area contributed by atoms with Gasteiger partial charge in [-0.15, -0.1) is 16.5 Å². The summed E-state index contributed by atoms with van der Waals surface area (Å²) in [5.41, 5.74) is -1.14. The number of urea groups is 1. The van der Waals surface area contributed by atoms with Gasteiger partial charge in [-0.05, 0) is 27.7 Å². The molecule has 1 aliphatic heterocycles. The normalized spacial score (nSPS) is 27.9. The van der Waals surface area contributed by atoms with Crippen LogP contribution in [0.3, 0.4) is 0 Å². The molecule has 2 N–H and O–H groups in total. The van der Waals surface area contributed by atoms with Gasteiger partial charge in [-0.1, -0.05) is 0 Å². The molecule has 2 amide bonds. The molecule has 1 fully saturated rings. The zero-order chi connectivity index (χ0) is 14.8. The standard InChI is InChI=1S/C11H21ClN4O3/c1-10(2)7-8(11(3,4)16(10)19)13-9(17)15(14-18)6-5-12/h8,16H,5-7H2,1-4H3,(H,13,17). The molecule has 1 saturated heterocycles. The van der Waals surface area contributed by atoms with Crippen LogP contribution in [0.15, 0.2) is 5.29 Å². The molecule has 0 aromatic heterocycles. The molecular weight excluding hydrogens is 272 g/mol. The molecule has 8 heteroatoms. The SMILES string of the molecule is CC1(C)CC(NC(=O)N(CCCl)N=O)C(C)(C)[NH+]1[O-]. The summed E-state index contributed by atoms with van der Waals surface area (Å²) in [4.78, 5) is 22.4. The maximum atomic E-state index is 12.2. The summed E-state index contributed by atoms with van der Waals surface area (Å²) in [6.45, 7) is 7.36. The number of carbonyl (C=O) groups excluding carboxylic acids is 1. The number of hydrogen-bond acceptors (Lipinski definition) is 4. The van der Waals surface area contributed by atoms with E-state index in [9.17, 15) is 14.9 Å². The second-order valence-electron chi connectivity index (χ2n) is 6.03. The fourth-order valence-corrected chi connectivity index (χ4v) is 2.76. The van der Waals surface area contributed by atoms with Crippen LogP contribution in [0.25, 0.3) is 0 Å². The first kappa shape index (κ1) is 16.1. The Labute approximate surface area is 117 Å². The maximum absolute atomic E-state index is 12.2. The molecule has 0 aromatic carbocycles. The fraction of sp³-hybridized carbons (Fsp3) is 0.909. The summed E-state index contributed by atoms with van der Waals surface area (Å²) in [7, 11) is 0. The molecule has 0 radical (unpaired) electrons. The summed E-state index contributed by atoms with van der Waals surface area (Å²) in [5, 5.41) is 18.4. The molecule has 1 heterocycles. The largest absolute Gasteiger partial charge is 0.633 e. The van der Waals surface area contributed by atoms with Gasteiger partial charge < -0.3 is 15.6 Å². The Balaban J connectivity index is 2.77. The van der Waals surface area contributed by atoms with Crippen molar-refractivity contribution in [3.63, 3.8) is 0 Å². The van der Waals surface area contributed by atoms with Gasteiger partial charge in [0.05, 0.1) is 23.4 Å². The van der Waals surface area contributed by atoms with E-state index in [0.717, 1.165) is 5.01 Å². The number of halogens is 1. The first-order chi connectivity index (χ1) is 8.66. The number of alkyl halides is 1. The van der Waals surface area contributed by atoms with Gasteiger partial charge in [0.1, 0.15) is 5.54 Å². The predicted octanol–water partition coefficient (Wildman–Crippen LogP) is 0.630. The lowest BCUT2D eigenvalue weighted by Crippen LogP contribution is -3.20. The Bertz CT molecular complexity index is 362. The van der Waals surface area contributed by atoms with E-state index in [4.69, 9.17) is 11.6 Å². The van der Waals surface area contributed by atoms with Crippen LogP contribution in [-0.4, -0.2) is 40.6 Å². The van der Waals surface area contributed by atoms with Crippen LogP contribution in [0, 0.1) is 10.1 Å². The Hall–Kier alpha value is -0.920. The average Bonchev–Trinajstić information content (AvgIpc) is 2.47. The summed E-state index contributed by atoms with van der Waals surface area (Å²) < 4.78 is 0. The number of nitrogens with one attached hydrogen (secondary N) is 2. The van der Waals surface area contributed by atoms with Gasteiger partial charge in [0.2, 0.25) is 0 Å². The minimum Gasteiger partial charge on any atom is -0.633 e. The van der Waals surface area contributed by atoms with Gasteiger partial charge in [0.25, 0.3) is 0 Å². The number of quaternary nitrogens is 1. The molecule has 0 aromatic rings. The van der Waals surface area contributed by atoms with Crippen molar-refractivity contribution in [3.05, 3.63) is 10.1 Å². The summed E-state index contributed by atoms with van der Waals surface area (Å²) >= 11 is 5.49. The minimum atomic E-state index is -0.658. The highest BCUT2D eigenvalue weighted by molar-refractivity contribution is 6.18. The van der Waals surface area contributed by atoms with E-state index < -0.39 is 17.1 Å². The Morgan fingerprint density at radius 2 is 2.11 bits per heavy atom. The van der Waals surface area contributed by atoms with Crippen molar-refractivity contribution >= 4 is 17.6 Å². The van der Waals surface area contributed by atoms with E-state index in [2.05, 4.69) is 10.6 Å². The van der Waals surface area contributed by atoms with Crippen LogP contribution in [0.5, 0.6) is 0 Å². The Morgan fingerprint density at radius 1 is 1.53 bits per heavy atom. The lowest BCUT2D eigenvalue weighted by molar-refractivity contribution is -0.932. The van der Waals surface area contributed by atoms with Crippen molar-refractivity contribution in [1.82, 2.24) is 10.3 Å². The first-order valence-corrected chi connectivity index (χ1v) is 6.72. The van der Waals surface area contributed by atoms with Crippen LogP contribution in [0.1, 0.15) is 34.1 Å².